The summed E-state index contributed by atoms with van der Waals surface area (Å²) in [4.78, 5) is 26.5. The zero-order valence-corrected chi connectivity index (χ0v) is 14.6. The van der Waals surface area contributed by atoms with Crippen molar-refractivity contribution in [1.29, 1.82) is 0 Å². The summed E-state index contributed by atoms with van der Waals surface area (Å²) in [6.45, 7) is 3.47. The molecule has 3 rings (SSSR count). The van der Waals surface area contributed by atoms with E-state index in [4.69, 9.17) is 0 Å². The van der Waals surface area contributed by atoms with Gasteiger partial charge in [0.25, 0.3) is 0 Å². The van der Waals surface area contributed by atoms with Crippen LogP contribution in [0.2, 0.25) is 0 Å². The van der Waals surface area contributed by atoms with Crippen molar-refractivity contribution in [3.63, 3.8) is 0 Å². The van der Waals surface area contributed by atoms with E-state index in [0.717, 1.165) is 51.6 Å². The first-order valence-electron chi connectivity index (χ1n) is 9.35. The average molecular weight is 328 g/mol. The summed E-state index contributed by atoms with van der Waals surface area (Å²) in [6.07, 6.45) is 6.35. The minimum absolute atomic E-state index is 0.0461. The Bertz CT molecular complexity index is 591. The molecular formula is C20H28N2O2. The topological polar surface area (TPSA) is 49.4 Å². The SMILES string of the molecule is CCCC(=O)N1CCC(C(=O)NC2CCCc3ccccc32)CC1. The highest BCUT2D eigenvalue weighted by Crippen LogP contribution is 2.30. The van der Waals surface area contributed by atoms with Crippen molar-refractivity contribution in [2.45, 2.75) is 57.9 Å². The number of hydrogen-bond donors (Lipinski definition) is 1. The van der Waals surface area contributed by atoms with Crippen LogP contribution in [0.3, 0.4) is 0 Å². The minimum atomic E-state index is 0.0461. The zero-order valence-electron chi connectivity index (χ0n) is 14.6. The molecule has 1 heterocycles. The van der Waals surface area contributed by atoms with Crippen LogP contribution in [0.15, 0.2) is 24.3 Å². The lowest BCUT2D eigenvalue weighted by Crippen LogP contribution is -2.44. The predicted octanol–water partition coefficient (Wildman–Crippen LogP) is 3.22. The summed E-state index contributed by atoms with van der Waals surface area (Å²) in [5.41, 5.74) is 2.65. The molecule has 1 saturated heterocycles. The molecule has 130 valence electrons. The van der Waals surface area contributed by atoms with Gasteiger partial charge in [0.1, 0.15) is 0 Å². The molecule has 0 bridgehead atoms. The average Bonchev–Trinajstić information content (AvgIpc) is 2.62. The van der Waals surface area contributed by atoms with Crippen LogP contribution in [0.5, 0.6) is 0 Å². The second-order valence-corrected chi connectivity index (χ2v) is 7.06. The highest BCUT2D eigenvalue weighted by Gasteiger charge is 2.29. The fourth-order valence-electron chi connectivity index (χ4n) is 3.96. The Morgan fingerprint density at radius 1 is 1.17 bits per heavy atom. The Balaban J connectivity index is 1.55. The number of carbonyl (C=O) groups is 2. The van der Waals surface area contributed by atoms with Gasteiger partial charge in [-0.1, -0.05) is 31.2 Å². The van der Waals surface area contributed by atoms with E-state index >= 15 is 0 Å². The van der Waals surface area contributed by atoms with E-state index in [9.17, 15) is 9.59 Å². The van der Waals surface area contributed by atoms with E-state index < -0.39 is 0 Å². The van der Waals surface area contributed by atoms with Crippen molar-refractivity contribution in [2.24, 2.45) is 5.92 Å². The number of carbonyl (C=O) groups excluding carboxylic acids is 2. The first-order chi connectivity index (χ1) is 11.7. The van der Waals surface area contributed by atoms with Gasteiger partial charge in [0, 0.05) is 25.4 Å². The Kier molecular flexibility index (Phi) is 5.54. The first kappa shape index (κ1) is 17.0. The number of benzene rings is 1. The Morgan fingerprint density at radius 2 is 1.92 bits per heavy atom. The molecule has 4 heteroatoms. The maximum absolute atomic E-state index is 12.7. The standard InChI is InChI=1S/C20H28N2O2/c1-2-6-19(23)22-13-11-16(12-14-22)20(24)21-18-10-5-8-15-7-3-4-9-17(15)18/h3-4,7,9,16,18H,2,5-6,8,10-14H2,1H3,(H,21,24). The van der Waals surface area contributed by atoms with Crippen LogP contribution in [-0.2, 0) is 16.0 Å². The molecule has 0 radical (unpaired) electrons. The Labute approximate surface area is 144 Å². The van der Waals surface area contributed by atoms with Crippen LogP contribution < -0.4 is 5.32 Å². The lowest BCUT2D eigenvalue weighted by Gasteiger charge is -2.33. The lowest BCUT2D eigenvalue weighted by molar-refractivity contribution is -0.135. The molecule has 1 atom stereocenters. The number of amides is 2. The molecule has 4 nitrogen and oxygen atoms in total. The van der Waals surface area contributed by atoms with Crippen molar-refractivity contribution in [3.8, 4) is 0 Å². The molecule has 1 aliphatic heterocycles. The minimum Gasteiger partial charge on any atom is -0.349 e. The van der Waals surface area contributed by atoms with Gasteiger partial charge in [0.2, 0.25) is 11.8 Å². The monoisotopic (exact) mass is 328 g/mol. The van der Waals surface area contributed by atoms with Crippen LogP contribution in [0.1, 0.15) is 62.6 Å². The molecule has 0 spiro atoms. The van der Waals surface area contributed by atoms with Gasteiger partial charge in [-0.25, -0.2) is 0 Å². The summed E-state index contributed by atoms with van der Waals surface area (Å²) in [7, 11) is 0. The third-order valence-corrected chi connectivity index (χ3v) is 5.37. The highest BCUT2D eigenvalue weighted by molar-refractivity contribution is 5.80. The van der Waals surface area contributed by atoms with Gasteiger partial charge in [-0.3, -0.25) is 9.59 Å². The van der Waals surface area contributed by atoms with E-state index in [1.54, 1.807) is 0 Å². The van der Waals surface area contributed by atoms with E-state index in [2.05, 4.69) is 29.6 Å². The molecule has 24 heavy (non-hydrogen) atoms. The number of hydrogen-bond acceptors (Lipinski definition) is 2. The number of likely N-dealkylation sites (tertiary alicyclic amines) is 1. The fraction of sp³-hybridized carbons (Fsp3) is 0.600. The molecule has 0 aromatic heterocycles. The number of fused-ring (bicyclic) bond motifs is 1. The summed E-state index contributed by atoms with van der Waals surface area (Å²) in [5, 5.41) is 3.27. The van der Waals surface area contributed by atoms with E-state index in [1.807, 2.05) is 11.8 Å². The Morgan fingerprint density at radius 3 is 2.67 bits per heavy atom. The first-order valence-corrected chi connectivity index (χ1v) is 9.35. The number of aryl methyl sites for hydroxylation is 1. The summed E-state index contributed by atoms with van der Waals surface area (Å²) >= 11 is 0. The van der Waals surface area contributed by atoms with E-state index in [1.165, 1.54) is 11.1 Å². The van der Waals surface area contributed by atoms with E-state index in [-0.39, 0.29) is 23.8 Å². The molecule has 1 fully saturated rings. The second kappa shape index (κ2) is 7.82. The van der Waals surface area contributed by atoms with Crippen LogP contribution in [0.4, 0.5) is 0 Å². The van der Waals surface area contributed by atoms with Gasteiger partial charge in [0.15, 0.2) is 0 Å². The predicted molar refractivity (Wildman–Crippen MR) is 94.5 cm³/mol. The van der Waals surface area contributed by atoms with Crippen LogP contribution in [-0.4, -0.2) is 29.8 Å². The lowest BCUT2D eigenvalue weighted by atomic mass is 9.87. The van der Waals surface area contributed by atoms with Crippen molar-refractivity contribution < 1.29 is 9.59 Å². The molecule has 1 unspecified atom stereocenters. The molecule has 2 amide bonds. The van der Waals surface area contributed by atoms with Gasteiger partial charge in [-0.15, -0.1) is 0 Å². The van der Waals surface area contributed by atoms with Crippen molar-refractivity contribution in [3.05, 3.63) is 35.4 Å². The second-order valence-electron chi connectivity index (χ2n) is 7.06. The molecule has 1 aromatic carbocycles. The van der Waals surface area contributed by atoms with Gasteiger partial charge >= 0.3 is 0 Å². The third kappa shape index (κ3) is 3.80. The van der Waals surface area contributed by atoms with Gasteiger partial charge in [-0.05, 0) is 49.7 Å². The summed E-state index contributed by atoms with van der Waals surface area (Å²) in [6, 6.07) is 8.60. The van der Waals surface area contributed by atoms with Crippen molar-refractivity contribution in [2.75, 3.05) is 13.1 Å². The highest BCUT2D eigenvalue weighted by atomic mass is 16.2. The molecule has 1 N–H and O–H groups in total. The number of rotatable bonds is 4. The van der Waals surface area contributed by atoms with Gasteiger partial charge in [-0.2, -0.15) is 0 Å². The Hall–Kier alpha value is -1.84. The maximum atomic E-state index is 12.7. The smallest absolute Gasteiger partial charge is 0.223 e. The molecule has 0 saturated carbocycles. The van der Waals surface area contributed by atoms with E-state index in [0.29, 0.717) is 6.42 Å². The molecular weight excluding hydrogens is 300 g/mol. The van der Waals surface area contributed by atoms with Gasteiger partial charge in [0.05, 0.1) is 6.04 Å². The van der Waals surface area contributed by atoms with Crippen molar-refractivity contribution in [1.82, 2.24) is 10.2 Å². The quantitative estimate of drug-likeness (QED) is 0.922. The normalized spacial score (nSPS) is 21.2. The number of piperidine rings is 1. The van der Waals surface area contributed by atoms with Crippen LogP contribution >= 0.6 is 0 Å². The summed E-state index contributed by atoms with van der Waals surface area (Å²) in [5.74, 6) is 0.446. The van der Waals surface area contributed by atoms with Gasteiger partial charge < -0.3 is 10.2 Å². The maximum Gasteiger partial charge on any atom is 0.223 e. The molecule has 1 aromatic rings. The third-order valence-electron chi connectivity index (χ3n) is 5.37. The van der Waals surface area contributed by atoms with Crippen LogP contribution in [0.25, 0.3) is 0 Å². The van der Waals surface area contributed by atoms with Crippen LogP contribution in [0, 0.1) is 5.92 Å². The molecule has 2 aliphatic rings. The summed E-state index contributed by atoms with van der Waals surface area (Å²) < 4.78 is 0. The number of nitrogens with zero attached hydrogens (tertiary/aromatic N) is 1. The molecule has 1 aliphatic carbocycles. The largest absolute Gasteiger partial charge is 0.349 e. The van der Waals surface area contributed by atoms with Crippen molar-refractivity contribution >= 4 is 11.8 Å². The number of nitrogens with one attached hydrogen (secondary N) is 1. The fourth-order valence-corrected chi connectivity index (χ4v) is 3.96. The zero-order chi connectivity index (χ0) is 16.9.